The molecule has 0 bridgehead atoms. The van der Waals surface area contributed by atoms with E-state index in [0.29, 0.717) is 27.0 Å². The standard InChI is InChI=1S/C18H19BrN6O4/c1-9-13(16(27)10-4-5-12(29-3)11(19)8-10)15(18(28)20-2)21-14(9)17-22-24-25(23-17)6-7-26/h4-5,8,21,26H,6-7H2,1-3H3,(H,20,28). The highest BCUT2D eigenvalue weighted by Crippen LogP contribution is 2.30. The summed E-state index contributed by atoms with van der Waals surface area (Å²) in [5.41, 5.74) is 1.63. The van der Waals surface area contributed by atoms with E-state index in [9.17, 15) is 9.59 Å². The third-order valence-corrected chi connectivity index (χ3v) is 4.94. The molecule has 1 amide bonds. The molecule has 0 fully saturated rings. The maximum atomic E-state index is 13.3. The van der Waals surface area contributed by atoms with Gasteiger partial charge < -0.3 is 20.1 Å². The maximum Gasteiger partial charge on any atom is 0.268 e. The first-order chi connectivity index (χ1) is 13.9. The van der Waals surface area contributed by atoms with Crippen molar-refractivity contribution >= 4 is 27.6 Å². The predicted molar refractivity (Wildman–Crippen MR) is 107 cm³/mol. The number of aliphatic hydroxyl groups excluding tert-OH is 1. The second-order valence-electron chi connectivity index (χ2n) is 6.07. The highest BCUT2D eigenvalue weighted by Gasteiger charge is 2.27. The van der Waals surface area contributed by atoms with Crippen molar-refractivity contribution in [3.63, 3.8) is 0 Å². The highest BCUT2D eigenvalue weighted by molar-refractivity contribution is 9.10. The fraction of sp³-hybridized carbons (Fsp3) is 0.278. The van der Waals surface area contributed by atoms with Crippen molar-refractivity contribution in [2.75, 3.05) is 20.8 Å². The number of aromatic nitrogens is 5. The minimum absolute atomic E-state index is 0.107. The Bertz CT molecular complexity index is 1070. The van der Waals surface area contributed by atoms with E-state index in [1.54, 1.807) is 25.1 Å². The Kier molecular flexibility index (Phi) is 6.09. The van der Waals surface area contributed by atoms with Gasteiger partial charge in [-0.3, -0.25) is 9.59 Å². The zero-order valence-electron chi connectivity index (χ0n) is 16.0. The largest absolute Gasteiger partial charge is 0.496 e. The molecule has 0 saturated carbocycles. The molecule has 0 atom stereocenters. The summed E-state index contributed by atoms with van der Waals surface area (Å²) in [6.07, 6.45) is 0. The molecule has 2 aromatic heterocycles. The lowest BCUT2D eigenvalue weighted by molar-refractivity contribution is 0.0946. The minimum Gasteiger partial charge on any atom is -0.496 e. The van der Waals surface area contributed by atoms with E-state index in [-0.39, 0.29) is 36.0 Å². The second kappa shape index (κ2) is 8.53. The Balaban J connectivity index is 2.11. The summed E-state index contributed by atoms with van der Waals surface area (Å²) < 4.78 is 5.82. The third-order valence-electron chi connectivity index (χ3n) is 4.32. The number of amides is 1. The number of ketones is 1. The van der Waals surface area contributed by atoms with Crippen molar-refractivity contribution in [1.29, 1.82) is 0 Å². The van der Waals surface area contributed by atoms with Crippen LogP contribution in [0, 0.1) is 6.92 Å². The van der Waals surface area contributed by atoms with Gasteiger partial charge in [-0.2, -0.15) is 4.80 Å². The van der Waals surface area contributed by atoms with E-state index < -0.39 is 5.91 Å². The van der Waals surface area contributed by atoms with Gasteiger partial charge in [-0.1, -0.05) is 0 Å². The van der Waals surface area contributed by atoms with Crippen molar-refractivity contribution in [2.24, 2.45) is 0 Å². The topological polar surface area (TPSA) is 135 Å². The van der Waals surface area contributed by atoms with E-state index in [1.807, 2.05) is 0 Å². The van der Waals surface area contributed by atoms with Crippen molar-refractivity contribution in [2.45, 2.75) is 13.5 Å². The number of hydrogen-bond donors (Lipinski definition) is 3. The number of rotatable bonds is 7. The van der Waals surface area contributed by atoms with E-state index in [0.717, 1.165) is 0 Å². The van der Waals surface area contributed by atoms with Gasteiger partial charge in [0.2, 0.25) is 5.82 Å². The number of ether oxygens (including phenoxy) is 1. The number of aliphatic hydroxyl groups is 1. The smallest absolute Gasteiger partial charge is 0.268 e. The molecule has 3 rings (SSSR count). The summed E-state index contributed by atoms with van der Waals surface area (Å²) in [5.74, 6) is 0.0213. The van der Waals surface area contributed by atoms with Gasteiger partial charge in [0.1, 0.15) is 11.4 Å². The molecule has 29 heavy (non-hydrogen) atoms. The van der Waals surface area contributed by atoms with Gasteiger partial charge in [-0.05, 0) is 51.8 Å². The molecule has 0 aliphatic carbocycles. The van der Waals surface area contributed by atoms with E-state index >= 15 is 0 Å². The van der Waals surface area contributed by atoms with Crippen LogP contribution >= 0.6 is 15.9 Å². The first kappa shape index (κ1) is 20.7. The predicted octanol–water partition coefficient (Wildman–Crippen LogP) is 1.33. The first-order valence-corrected chi connectivity index (χ1v) is 9.42. The first-order valence-electron chi connectivity index (χ1n) is 8.63. The van der Waals surface area contributed by atoms with Crippen LogP contribution in [0.3, 0.4) is 0 Å². The molecule has 0 saturated heterocycles. The van der Waals surface area contributed by atoms with Gasteiger partial charge in [0.05, 0.1) is 36.0 Å². The zero-order chi connectivity index (χ0) is 21.1. The van der Waals surface area contributed by atoms with Crippen molar-refractivity contribution in [3.8, 4) is 17.3 Å². The van der Waals surface area contributed by atoms with Gasteiger partial charge in [-0.15, -0.1) is 10.2 Å². The minimum atomic E-state index is -0.446. The summed E-state index contributed by atoms with van der Waals surface area (Å²) in [6.45, 7) is 1.75. The van der Waals surface area contributed by atoms with E-state index in [4.69, 9.17) is 9.84 Å². The number of tetrazole rings is 1. The van der Waals surface area contributed by atoms with Crippen LogP contribution in [0.2, 0.25) is 0 Å². The van der Waals surface area contributed by atoms with Crippen molar-refractivity contribution in [3.05, 3.63) is 45.1 Å². The molecule has 0 radical (unpaired) electrons. The van der Waals surface area contributed by atoms with Gasteiger partial charge >= 0.3 is 0 Å². The van der Waals surface area contributed by atoms with Crippen molar-refractivity contribution in [1.82, 2.24) is 30.5 Å². The van der Waals surface area contributed by atoms with Crippen LogP contribution in [0.15, 0.2) is 22.7 Å². The number of nitrogens with one attached hydrogen (secondary N) is 2. The maximum absolute atomic E-state index is 13.3. The quantitative estimate of drug-likeness (QED) is 0.450. The molecule has 152 valence electrons. The number of methoxy groups -OCH3 is 1. The lowest BCUT2D eigenvalue weighted by atomic mass is 9.98. The van der Waals surface area contributed by atoms with Gasteiger partial charge in [-0.25, -0.2) is 0 Å². The van der Waals surface area contributed by atoms with Crippen LogP contribution in [-0.2, 0) is 6.54 Å². The SMILES string of the molecule is CNC(=O)c1[nH]c(-c2nnn(CCO)n2)c(C)c1C(=O)c1ccc(OC)c(Br)c1. The molecule has 0 aliphatic heterocycles. The summed E-state index contributed by atoms with van der Waals surface area (Å²) in [7, 11) is 3.01. The Morgan fingerprint density at radius 1 is 1.38 bits per heavy atom. The summed E-state index contributed by atoms with van der Waals surface area (Å²) >= 11 is 3.37. The molecule has 10 nitrogen and oxygen atoms in total. The molecule has 2 heterocycles. The molecule has 3 N–H and O–H groups in total. The Labute approximate surface area is 174 Å². The summed E-state index contributed by atoms with van der Waals surface area (Å²) in [5, 5.41) is 23.5. The van der Waals surface area contributed by atoms with Crippen molar-refractivity contribution < 1.29 is 19.4 Å². The van der Waals surface area contributed by atoms with E-state index in [2.05, 4.69) is 41.6 Å². The van der Waals surface area contributed by atoms with Crippen LogP contribution < -0.4 is 10.1 Å². The fourth-order valence-electron chi connectivity index (χ4n) is 2.88. The Hall–Kier alpha value is -3.05. The van der Waals surface area contributed by atoms with Crippen LogP contribution in [0.25, 0.3) is 11.5 Å². The number of halogens is 1. The van der Waals surface area contributed by atoms with Crippen LogP contribution in [0.1, 0.15) is 32.0 Å². The normalized spacial score (nSPS) is 10.8. The lowest BCUT2D eigenvalue weighted by Crippen LogP contribution is -2.21. The summed E-state index contributed by atoms with van der Waals surface area (Å²) in [6, 6.07) is 4.93. The number of carbonyl (C=O) groups is 2. The molecule has 11 heteroatoms. The zero-order valence-corrected chi connectivity index (χ0v) is 17.6. The summed E-state index contributed by atoms with van der Waals surface area (Å²) in [4.78, 5) is 29.9. The number of carbonyl (C=O) groups excluding carboxylic acids is 2. The fourth-order valence-corrected chi connectivity index (χ4v) is 3.42. The highest BCUT2D eigenvalue weighted by atomic mass is 79.9. The molecule has 3 aromatic rings. The second-order valence-corrected chi connectivity index (χ2v) is 6.92. The lowest BCUT2D eigenvalue weighted by Gasteiger charge is -2.07. The van der Waals surface area contributed by atoms with Crippen LogP contribution in [-0.4, -0.2) is 62.8 Å². The van der Waals surface area contributed by atoms with Gasteiger partial charge in [0, 0.05) is 12.6 Å². The number of aromatic amines is 1. The number of benzene rings is 1. The molecule has 0 aliphatic rings. The van der Waals surface area contributed by atoms with Crippen LogP contribution in [0.5, 0.6) is 5.75 Å². The number of nitrogens with zero attached hydrogens (tertiary/aromatic N) is 4. The molecular weight excluding hydrogens is 444 g/mol. The monoisotopic (exact) mass is 462 g/mol. The average molecular weight is 463 g/mol. The third kappa shape index (κ3) is 3.91. The van der Waals surface area contributed by atoms with Gasteiger partial charge in [0.25, 0.3) is 5.91 Å². The van der Waals surface area contributed by atoms with E-state index in [1.165, 1.54) is 19.0 Å². The number of hydrogen-bond acceptors (Lipinski definition) is 7. The molecule has 0 unspecified atom stereocenters. The Morgan fingerprint density at radius 2 is 2.14 bits per heavy atom. The number of H-pyrrole nitrogens is 1. The average Bonchev–Trinajstić information content (AvgIpc) is 3.31. The van der Waals surface area contributed by atoms with Crippen LogP contribution in [0.4, 0.5) is 0 Å². The Morgan fingerprint density at radius 3 is 2.76 bits per heavy atom. The molecule has 0 spiro atoms. The van der Waals surface area contributed by atoms with Gasteiger partial charge in [0.15, 0.2) is 5.78 Å². The molecule has 1 aromatic carbocycles. The molecular formula is C18H19BrN6O4.